The molecule has 1 aliphatic rings. The number of carbonyl (C=O) groups excluding carboxylic acids is 2. The Labute approximate surface area is 126 Å². The number of carbonyl (C=O) groups is 2. The van der Waals surface area contributed by atoms with E-state index in [1.807, 2.05) is 0 Å². The van der Waals surface area contributed by atoms with Crippen molar-refractivity contribution in [3.8, 4) is 0 Å². The Morgan fingerprint density at radius 1 is 1.38 bits per heavy atom. The molecule has 116 valence electrons. The number of rotatable bonds is 4. The van der Waals surface area contributed by atoms with Gasteiger partial charge in [-0.25, -0.2) is 19.0 Å². The van der Waals surface area contributed by atoms with Crippen LogP contribution in [0.5, 0.6) is 0 Å². The number of hydrogen-bond acceptors (Lipinski definition) is 4. The van der Waals surface area contributed by atoms with Crippen molar-refractivity contribution in [3.05, 3.63) is 34.9 Å². The van der Waals surface area contributed by atoms with Crippen LogP contribution in [0.25, 0.3) is 0 Å². The van der Waals surface area contributed by atoms with Gasteiger partial charge in [0.25, 0.3) is 0 Å². The van der Waals surface area contributed by atoms with Gasteiger partial charge >= 0.3 is 5.97 Å². The average Bonchev–Trinajstić information content (AvgIpc) is 2.81. The average molecular weight is 321 g/mol. The van der Waals surface area contributed by atoms with E-state index in [1.54, 1.807) is 0 Å². The van der Waals surface area contributed by atoms with Gasteiger partial charge in [0.05, 0.1) is 7.11 Å². The van der Waals surface area contributed by atoms with Crippen molar-refractivity contribution >= 4 is 24.3 Å². The number of esters is 1. The molecule has 0 unspecified atom stereocenters. The second-order valence-electron chi connectivity index (χ2n) is 4.38. The zero-order valence-corrected chi connectivity index (χ0v) is 12.1. The zero-order valence-electron chi connectivity index (χ0n) is 11.3. The summed E-state index contributed by atoms with van der Waals surface area (Å²) in [6.07, 6.45) is 0.706. The first-order chi connectivity index (χ1) is 9.52. The summed E-state index contributed by atoms with van der Waals surface area (Å²) in [5.74, 6) is -3.03. The van der Waals surface area contributed by atoms with Crippen LogP contribution in [0, 0.1) is 11.6 Å². The highest BCUT2D eigenvalue weighted by molar-refractivity contribution is 5.90. The molecule has 0 aromatic heterocycles. The third-order valence-corrected chi connectivity index (χ3v) is 3.06. The van der Waals surface area contributed by atoms with Crippen molar-refractivity contribution in [1.29, 1.82) is 0 Å². The summed E-state index contributed by atoms with van der Waals surface area (Å²) in [5.41, 5.74) is 2.53. The Bertz CT molecular complexity index is 531. The van der Waals surface area contributed by atoms with Crippen molar-refractivity contribution in [2.24, 2.45) is 0 Å². The number of halogens is 3. The predicted molar refractivity (Wildman–Crippen MR) is 73.0 cm³/mol. The minimum absolute atomic E-state index is 0. The van der Waals surface area contributed by atoms with E-state index in [2.05, 4.69) is 10.2 Å². The number of methoxy groups -OCH3 is 1. The molecule has 1 heterocycles. The molecule has 21 heavy (non-hydrogen) atoms. The molecule has 1 saturated heterocycles. The van der Waals surface area contributed by atoms with Crippen molar-refractivity contribution in [2.75, 3.05) is 20.2 Å². The number of hydrazine groups is 1. The van der Waals surface area contributed by atoms with Crippen LogP contribution in [0.15, 0.2) is 12.1 Å². The van der Waals surface area contributed by atoms with Crippen LogP contribution in [0.1, 0.15) is 22.3 Å². The molecule has 1 aromatic rings. The lowest BCUT2D eigenvalue weighted by Crippen LogP contribution is -2.35. The number of ether oxygens (including phenoxy) is 1. The first-order valence-electron chi connectivity index (χ1n) is 6.13. The molecule has 1 aromatic carbocycles. The molecule has 0 atom stereocenters. The van der Waals surface area contributed by atoms with E-state index in [-0.39, 0.29) is 24.7 Å². The van der Waals surface area contributed by atoms with Crippen LogP contribution in [0.3, 0.4) is 0 Å². The molecule has 0 bridgehead atoms. The van der Waals surface area contributed by atoms with Gasteiger partial charge < -0.3 is 4.74 Å². The lowest BCUT2D eigenvalue weighted by molar-refractivity contribution is -0.129. The summed E-state index contributed by atoms with van der Waals surface area (Å²) >= 11 is 0. The molecule has 1 fully saturated rings. The van der Waals surface area contributed by atoms with E-state index in [0.717, 1.165) is 19.2 Å². The summed E-state index contributed by atoms with van der Waals surface area (Å²) in [6.45, 7) is 0.887. The maximum atomic E-state index is 13.7. The van der Waals surface area contributed by atoms with Crippen molar-refractivity contribution < 1.29 is 23.1 Å². The molecule has 0 radical (unpaired) electrons. The van der Waals surface area contributed by atoms with E-state index in [0.29, 0.717) is 25.1 Å². The molecular formula is C13H15ClF2N2O3. The van der Waals surface area contributed by atoms with Crippen LogP contribution in [-0.4, -0.2) is 37.1 Å². The van der Waals surface area contributed by atoms with Gasteiger partial charge in [0, 0.05) is 19.5 Å². The fourth-order valence-corrected chi connectivity index (χ4v) is 2.03. The van der Waals surface area contributed by atoms with E-state index >= 15 is 0 Å². The molecule has 2 rings (SSSR count). The maximum absolute atomic E-state index is 13.7. The minimum atomic E-state index is -1.05. The molecule has 1 amide bonds. The fraction of sp³-hybridized carbons (Fsp3) is 0.385. The highest BCUT2D eigenvalue weighted by Gasteiger charge is 2.21. The quantitative estimate of drug-likeness (QED) is 0.853. The topological polar surface area (TPSA) is 58.6 Å². The van der Waals surface area contributed by atoms with Gasteiger partial charge in [-0.2, -0.15) is 0 Å². The van der Waals surface area contributed by atoms with E-state index in [4.69, 9.17) is 0 Å². The lowest BCUT2D eigenvalue weighted by atomic mass is 10.1. The second kappa shape index (κ2) is 7.33. The zero-order chi connectivity index (χ0) is 14.7. The van der Waals surface area contributed by atoms with Crippen LogP contribution in [0.2, 0.25) is 0 Å². The third-order valence-electron chi connectivity index (χ3n) is 3.06. The number of hydrogen-bond donors (Lipinski definition) is 1. The maximum Gasteiger partial charge on any atom is 0.343 e. The first-order valence-corrected chi connectivity index (χ1v) is 6.13. The van der Waals surface area contributed by atoms with Gasteiger partial charge in [-0.1, -0.05) is 0 Å². The summed E-state index contributed by atoms with van der Waals surface area (Å²) in [5, 5.41) is 1.42. The Morgan fingerprint density at radius 3 is 2.48 bits per heavy atom. The summed E-state index contributed by atoms with van der Waals surface area (Å²) in [4.78, 5) is 22.6. The Balaban J connectivity index is 0.00000220. The minimum Gasteiger partial charge on any atom is -0.465 e. The second-order valence-corrected chi connectivity index (χ2v) is 4.38. The standard InChI is InChI=1S/C13H14F2N2O3.ClH/c1-20-13(19)12-9(14)6-8(7-10(12)15)3-5-17-11(18)2-4-16-17;/h6-7,16H,2-5H2,1H3;1H. The van der Waals surface area contributed by atoms with Crippen LogP contribution >= 0.6 is 12.4 Å². The van der Waals surface area contributed by atoms with Crippen LogP contribution < -0.4 is 5.43 Å². The Hall–Kier alpha value is -1.73. The van der Waals surface area contributed by atoms with Crippen molar-refractivity contribution in [3.63, 3.8) is 0 Å². The van der Waals surface area contributed by atoms with E-state index < -0.39 is 23.2 Å². The monoisotopic (exact) mass is 320 g/mol. The molecule has 8 heteroatoms. The lowest BCUT2D eigenvalue weighted by Gasteiger charge is -2.15. The summed E-state index contributed by atoms with van der Waals surface area (Å²) in [6, 6.07) is 2.16. The predicted octanol–water partition coefficient (Wildman–Crippen LogP) is 1.45. The van der Waals surface area contributed by atoms with Gasteiger partial charge in [-0.05, 0) is 24.1 Å². The molecule has 0 saturated carbocycles. The molecule has 0 spiro atoms. The molecule has 0 aliphatic carbocycles. The SMILES string of the molecule is COC(=O)c1c(F)cc(CCN2NCCC2=O)cc1F.Cl. The fourth-order valence-electron chi connectivity index (χ4n) is 2.03. The molecule has 5 nitrogen and oxygen atoms in total. The van der Waals surface area contributed by atoms with E-state index in [9.17, 15) is 18.4 Å². The Kier molecular flexibility index (Phi) is 6.04. The number of nitrogens with zero attached hydrogens (tertiary/aromatic N) is 1. The summed E-state index contributed by atoms with van der Waals surface area (Å²) < 4.78 is 31.7. The van der Waals surface area contributed by atoms with Crippen molar-refractivity contribution in [1.82, 2.24) is 10.4 Å². The Morgan fingerprint density at radius 2 is 2.00 bits per heavy atom. The van der Waals surface area contributed by atoms with Gasteiger partial charge in [-0.3, -0.25) is 9.80 Å². The first kappa shape index (κ1) is 17.3. The van der Waals surface area contributed by atoms with Crippen molar-refractivity contribution in [2.45, 2.75) is 12.8 Å². The normalized spacial score (nSPS) is 14.0. The summed E-state index contributed by atoms with van der Waals surface area (Å²) in [7, 11) is 1.06. The highest BCUT2D eigenvalue weighted by Crippen LogP contribution is 2.17. The van der Waals surface area contributed by atoms with Gasteiger partial charge in [0.2, 0.25) is 5.91 Å². The van der Waals surface area contributed by atoms with Crippen LogP contribution in [-0.2, 0) is 16.0 Å². The van der Waals surface area contributed by atoms with Crippen LogP contribution in [0.4, 0.5) is 8.78 Å². The largest absolute Gasteiger partial charge is 0.465 e. The highest BCUT2D eigenvalue weighted by atomic mass is 35.5. The van der Waals surface area contributed by atoms with Gasteiger partial charge in [-0.15, -0.1) is 12.4 Å². The smallest absolute Gasteiger partial charge is 0.343 e. The molecule has 1 N–H and O–H groups in total. The number of nitrogens with one attached hydrogen (secondary N) is 1. The van der Waals surface area contributed by atoms with Gasteiger partial charge in [0.15, 0.2) is 0 Å². The molecular weight excluding hydrogens is 306 g/mol. The van der Waals surface area contributed by atoms with E-state index in [1.165, 1.54) is 5.01 Å². The number of amides is 1. The third kappa shape index (κ3) is 3.89. The molecule has 1 aliphatic heterocycles. The van der Waals surface area contributed by atoms with Gasteiger partial charge in [0.1, 0.15) is 17.2 Å². The number of benzene rings is 1.